The molecule has 0 saturated carbocycles. The fourth-order valence-electron chi connectivity index (χ4n) is 1.11. The molecule has 102 valence electrons. The van der Waals surface area contributed by atoms with Crippen LogP contribution in [0.3, 0.4) is 0 Å². The minimum Gasteiger partial charge on any atom is -0.261 e. The fourth-order valence-corrected chi connectivity index (χ4v) is 7.32. The predicted octanol–water partition coefficient (Wildman–Crippen LogP) is 4.81. The van der Waals surface area contributed by atoms with E-state index in [0.29, 0.717) is 0 Å². The van der Waals surface area contributed by atoms with Gasteiger partial charge in [0.05, 0.1) is 4.90 Å². The van der Waals surface area contributed by atoms with Crippen LogP contribution in [-0.2, 0) is 8.94 Å². The molecule has 0 fully saturated rings. The number of halogens is 2. The van der Waals surface area contributed by atoms with Crippen molar-refractivity contribution in [3.8, 4) is 0 Å². The van der Waals surface area contributed by atoms with Gasteiger partial charge in [-0.05, 0) is 36.3 Å². The predicted molar refractivity (Wildman–Crippen MR) is 78.3 cm³/mol. The highest BCUT2D eigenvalue weighted by molar-refractivity contribution is 8.16. The third-order valence-corrected chi connectivity index (χ3v) is 11.7. The van der Waals surface area contributed by atoms with Crippen molar-refractivity contribution in [3.05, 3.63) is 30.1 Å². The van der Waals surface area contributed by atoms with Crippen molar-refractivity contribution in [2.45, 2.75) is 43.8 Å². The van der Waals surface area contributed by atoms with Gasteiger partial charge in [0.25, 0.3) is 0 Å². The van der Waals surface area contributed by atoms with Crippen LogP contribution < -0.4 is 0 Å². The maximum absolute atomic E-state index is 13.1. The lowest BCUT2D eigenvalue weighted by atomic mass is 10.2. The van der Waals surface area contributed by atoms with Gasteiger partial charge in [0, 0.05) is 10.7 Å². The van der Waals surface area contributed by atoms with E-state index in [2.05, 4.69) is 24.8 Å². The van der Waals surface area contributed by atoms with Crippen molar-refractivity contribution in [1.29, 1.82) is 0 Å². The zero-order valence-corrected chi connectivity index (χ0v) is 13.9. The van der Waals surface area contributed by atoms with E-state index in [0.717, 1.165) is 0 Å². The lowest BCUT2D eigenvalue weighted by Crippen LogP contribution is -2.35. The van der Waals surface area contributed by atoms with Crippen LogP contribution in [0.15, 0.2) is 33.2 Å². The van der Waals surface area contributed by atoms with Gasteiger partial charge in [-0.1, -0.05) is 26.8 Å². The van der Waals surface area contributed by atoms with E-state index in [1.807, 2.05) is 13.1 Å². The summed E-state index contributed by atoms with van der Waals surface area (Å²) in [7, 11) is 0.853. The van der Waals surface area contributed by atoms with Crippen LogP contribution in [0.4, 0.5) is 4.39 Å². The van der Waals surface area contributed by atoms with Gasteiger partial charge in [-0.3, -0.25) is 4.03 Å². The monoisotopic (exact) mass is 307 g/mol. The first-order valence-corrected chi connectivity index (χ1v) is 11.0. The lowest BCUT2D eigenvalue weighted by molar-refractivity contribution is 0.622. The van der Waals surface area contributed by atoms with Crippen LogP contribution in [0.1, 0.15) is 20.8 Å². The van der Waals surface area contributed by atoms with Crippen molar-refractivity contribution in [1.82, 2.24) is 0 Å². The van der Waals surface area contributed by atoms with Gasteiger partial charge in [0.2, 0.25) is 0 Å². The molecule has 0 aliphatic rings. The molecule has 0 aliphatic carbocycles. The highest BCUT2D eigenvalue weighted by Gasteiger charge is 2.37. The number of hydrogen-bond acceptors (Lipinski definition) is 2. The molecule has 0 saturated heterocycles. The van der Waals surface area contributed by atoms with Gasteiger partial charge in [-0.15, -0.1) is 0 Å². The second kappa shape index (κ2) is 4.94. The van der Waals surface area contributed by atoms with Crippen molar-refractivity contribution < 1.29 is 8.60 Å². The summed E-state index contributed by atoms with van der Waals surface area (Å²) >= 11 is 0. The molecule has 1 aromatic rings. The van der Waals surface area contributed by atoms with E-state index in [1.54, 1.807) is 6.07 Å². The minimum atomic E-state index is -3.05. The Morgan fingerprint density at radius 1 is 1.33 bits per heavy atom. The van der Waals surface area contributed by atoms with Gasteiger partial charge in [0.1, 0.15) is 5.82 Å². The van der Waals surface area contributed by atoms with E-state index in [4.69, 9.17) is 10.7 Å². The van der Waals surface area contributed by atoms with E-state index >= 15 is 0 Å². The number of nitrogens with zero attached hydrogens (tertiary/aromatic N) is 1. The van der Waals surface area contributed by atoms with E-state index < -0.39 is 23.0 Å². The summed E-state index contributed by atoms with van der Waals surface area (Å²) < 4.78 is 30.0. The maximum atomic E-state index is 13.1. The molecule has 1 rings (SSSR count). The molecular weight excluding hydrogens is 289 g/mol. The van der Waals surface area contributed by atoms with Crippen LogP contribution in [0.5, 0.6) is 0 Å². The van der Waals surface area contributed by atoms with Gasteiger partial charge < -0.3 is 0 Å². The third-order valence-electron chi connectivity index (χ3n) is 3.27. The van der Waals surface area contributed by atoms with Crippen molar-refractivity contribution >= 4 is 27.9 Å². The minimum absolute atomic E-state index is 0.0577. The zero-order valence-electron chi connectivity index (χ0n) is 11.3. The summed E-state index contributed by atoms with van der Waals surface area (Å²) in [6.45, 7) is 10.2. The van der Waals surface area contributed by atoms with Gasteiger partial charge in [-0.2, -0.15) is 0 Å². The molecule has 0 spiro atoms. The van der Waals surface area contributed by atoms with E-state index in [1.165, 1.54) is 18.2 Å². The summed E-state index contributed by atoms with van der Waals surface area (Å²) in [6, 6.07) is 5.52. The quantitative estimate of drug-likeness (QED) is 0.569. The molecule has 2 nitrogen and oxygen atoms in total. The standard InChI is InChI=1S/C12H19ClFNOSSi/c1-12(2,3)18(4,5)15-17(13,16)11-8-6-7-10(14)9-11/h6-9H,1-5H3. The SMILES string of the molecule is CC(C)(C)[Si](C)(C)N=S(=O)(Cl)c1cccc(F)c1. The van der Waals surface area contributed by atoms with Crippen molar-refractivity contribution in [2.75, 3.05) is 0 Å². The first-order chi connectivity index (χ1) is 7.96. The molecular formula is C12H19ClFNOSSi. The van der Waals surface area contributed by atoms with Crippen molar-refractivity contribution in [2.24, 2.45) is 4.03 Å². The molecule has 1 atom stereocenters. The Kier molecular flexibility index (Phi) is 4.30. The summed E-state index contributed by atoms with van der Waals surface area (Å²) in [6.07, 6.45) is 0. The maximum Gasteiger partial charge on any atom is 0.194 e. The Morgan fingerprint density at radius 3 is 2.33 bits per heavy atom. The normalized spacial score (nSPS) is 16.2. The lowest BCUT2D eigenvalue weighted by Gasteiger charge is -2.32. The molecule has 18 heavy (non-hydrogen) atoms. The molecule has 0 heterocycles. The fraction of sp³-hybridized carbons (Fsp3) is 0.500. The zero-order chi connectivity index (χ0) is 14.2. The van der Waals surface area contributed by atoms with Crippen LogP contribution in [0, 0.1) is 5.82 Å². The van der Waals surface area contributed by atoms with Crippen LogP contribution in [0.2, 0.25) is 18.1 Å². The number of rotatable bonds is 2. The highest BCUT2D eigenvalue weighted by Crippen LogP contribution is 2.38. The number of hydrogen-bond donors (Lipinski definition) is 0. The average molecular weight is 308 g/mol. The summed E-state index contributed by atoms with van der Waals surface area (Å²) in [4.78, 5) is 0.244. The smallest absolute Gasteiger partial charge is 0.194 e. The Hall–Kier alpha value is -0.393. The van der Waals surface area contributed by atoms with Gasteiger partial charge in [-0.25, -0.2) is 8.60 Å². The third kappa shape index (κ3) is 3.55. The van der Waals surface area contributed by atoms with Crippen LogP contribution in [0.25, 0.3) is 0 Å². The first-order valence-electron chi connectivity index (χ1n) is 5.69. The molecule has 0 aliphatic heterocycles. The molecule has 6 heteroatoms. The summed E-state index contributed by atoms with van der Waals surface area (Å²) in [5.41, 5.74) is 0. The molecule has 0 radical (unpaired) electrons. The van der Waals surface area contributed by atoms with Crippen molar-refractivity contribution in [3.63, 3.8) is 0 Å². The molecule has 1 unspecified atom stereocenters. The van der Waals surface area contributed by atoms with Gasteiger partial charge in [0.15, 0.2) is 17.2 Å². The number of benzene rings is 1. The Bertz CT molecular complexity index is 559. The largest absolute Gasteiger partial charge is 0.261 e. The summed E-state index contributed by atoms with van der Waals surface area (Å²) in [5.74, 6) is -0.452. The topological polar surface area (TPSA) is 29.4 Å². The summed E-state index contributed by atoms with van der Waals surface area (Å²) in [5, 5.41) is -0.0577. The molecule has 0 aromatic heterocycles. The Labute approximate surface area is 114 Å². The molecule has 1 aromatic carbocycles. The first kappa shape index (κ1) is 15.7. The van der Waals surface area contributed by atoms with Gasteiger partial charge >= 0.3 is 0 Å². The van der Waals surface area contributed by atoms with Crippen LogP contribution in [-0.4, -0.2) is 12.4 Å². The van der Waals surface area contributed by atoms with E-state index in [-0.39, 0.29) is 9.93 Å². The Balaban J connectivity index is 3.35. The Morgan fingerprint density at radius 2 is 1.89 bits per heavy atom. The highest BCUT2D eigenvalue weighted by atomic mass is 35.7. The molecule has 0 bridgehead atoms. The second-order valence-corrected chi connectivity index (χ2v) is 13.8. The van der Waals surface area contributed by atoms with Crippen LogP contribution >= 0.6 is 10.7 Å². The van der Waals surface area contributed by atoms with E-state index in [9.17, 15) is 8.60 Å². The molecule has 0 amide bonds. The molecule has 0 N–H and O–H groups in total. The second-order valence-electron chi connectivity index (χ2n) is 5.82. The average Bonchev–Trinajstić information content (AvgIpc) is 2.14.